The molecule has 0 fully saturated rings. The molecule has 2 aromatic rings. The molecule has 0 saturated carbocycles. The molecular weight excluding hydrogens is 296 g/mol. The molecule has 1 aromatic carbocycles. The van der Waals surface area contributed by atoms with E-state index in [9.17, 15) is 4.79 Å². The van der Waals surface area contributed by atoms with Gasteiger partial charge < -0.3 is 10.1 Å². The Hall–Kier alpha value is -1.43. The molecule has 0 aliphatic rings. The predicted octanol–water partition coefficient (Wildman–Crippen LogP) is 2.81. The Morgan fingerprint density at radius 3 is 2.80 bits per heavy atom. The molecule has 106 valence electrons. The minimum atomic E-state index is -0.202. The number of rotatable bonds is 6. The second-order valence-corrected chi connectivity index (χ2v) is 5.44. The lowest BCUT2D eigenvalue weighted by Gasteiger charge is -2.03. The normalized spacial score (nSPS) is 10.5. The standard InChI is InChI=1S/C14H15ClN2O2S/c1-19-9-13-17-11(8-16-12(18)7-15)14(20-13)10-5-3-2-4-6-10/h2-6H,7-9H2,1H3,(H,16,18). The number of carbonyl (C=O) groups excluding carboxylic acids is 1. The number of hydrogen-bond acceptors (Lipinski definition) is 4. The quantitative estimate of drug-likeness (QED) is 0.835. The number of nitrogens with zero attached hydrogens (tertiary/aromatic N) is 1. The van der Waals surface area contributed by atoms with Crippen LogP contribution in [0.3, 0.4) is 0 Å². The first-order valence-electron chi connectivity index (χ1n) is 6.10. The summed E-state index contributed by atoms with van der Waals surface area (Å²) in [6.07, 6.45) is 0. The number of aromatic nitrogens is 1. The Balaban J connectivity index is 2.26. The van der Waals surface area contributed by atoms with E-state index in [0.29, 0.717) is 13.2 Å². The third-order valence-corrected chi connectivity index (χ3v) is 3.98. The minimum Gasteiger partial charge on any atom is -0.378 e. The molecule has 1 heterocycles. The van der Waals surface area contributed by atoms with E-state index in [1.807, 2.05) is 30.3 Å². The lowest BCUT2D eigenvalue weighted by molar-refractivity contribution is -0.118. The van der Waals surface area contributed by atoms with Gasteiger partial charge in [-0.2, -0.15) is 0 Å². The van der Waals surface area contributed by atoms with Crippen molar-refractivity contribution < 1.29 is 9.53 Å². The van der Waals surface area contributed by atoms with Crippen molar-refractivity contribution >= 4 is 28.8 Å². The van der Waals surface area contributed by atoms with E-state index < -0.39 is 0 Å². The first-order chi connectivity index (χ1) is 9.74. The fraction of sp³-hybridized carbons (Fsp3) is 0.286. The summed E-state index contributed by atoms with van der Waals surface area (Å²) in [4.78, 5) is 16.8. The second kappa shape index (κ2) is 7.38. The van der Waals surface area contributed by atoms with E-state index in [0.717, 1.165) is 21.1 Å². The number of thiazole rings is 1. The van der Waals surface area contributed by atoms with E-state index in [2.05, 4.69) is 10.3 Å². The van der Waals surface area contributed by atoms with Crippen molar-refractivity contribution in [2.75, 3.05) is 13.0 Å². The van der Waals surface area contributed by atoms with E-state index >= 15 is 0 Å². The number of hydrogen-bond donors (Lipinski definition) is 1. The highest BCUT2D eigenvalue weighted by Gasteiger charge is 2.13. The maximum absolute atomic E-state index is 11.3. The summed E-state index contributed by atoms with van der Waals surface area (Å²) in [7, 11) is 1.64. The van der Waals surface area contributed by atoms with Gasteiger partial charge in [-0.1, -0.05) is 30.3 Å². The van der Waals surface area contributed by atoms with Gasteiger partial charge in [0.1, 0.15) is 10.9 Å². The average molecular weight is 311 g/mol. The van der Waals surface area contributed by atoms with Crippen molar-refractivity contribution in [3.8, 4) is 10.4 Å². The van der Waals surface area contributed by atoms with Gasteiger partial charge in [-0.25, -0.2) is 4.98 Å². The molecule has 0 atom stereocenters. The fourth-order valence-corrected chi connectivity index (χ4v) is 2.90. The third kappa shape index (κ3) is 3.79. The van der Waals surface area contributed by atoms with Gasteiger partial charge in [0, 0.05) is 7.11 Å². The summed E-state index contributed by atoms with van der Waals surface area (Å²) < 4.78 is 5.12. The van der Waals surface area contributed by atoms with Crippen LogP contribution in [0.15, 0.2) is 30.3 Å². The number of halogens is 1. The predicted molar refractivity (Wildman–Crippen MR) is 80.8 cm³/mol. The highest BCUT2D eigenvalue weighted by molar-refractivity contribution is 7.15. The molecule has 6 heteroatoms. The fourth-order valence-electron chi connectivity index (χ4n) is 1.75. The van der Waals surface area contributed by atoms with Gasteiger partial charge in [0.25, 0.3) is 0 Å². The third-order valence-electron chi connectivity index (χ3n) is 2.62. The van der Waals surface area contributed by atoms with Crippen LogP contribution in [0.2, 0.25) is 0 Å². The topological polar surface area (TPSA) is 51.2 Å². The van der Waals surface area contributed by atoms with E-state index in [-0.39, 0.29) is 11.8 Å². The van der Waals surface area contributed by atoms with Crippen LogP contribution in [-0.4, -0.2) is 23.9 Å². The van der Waals surface area contributed by atoms with E-state index in [1.54, 1.807) is 18.4 Å². The monoisotopic (exact) mass is 310 g/mol. The Kier molecular flexibility index (Phi) is 5.52. The van der Waals surface area contributed by atoms with Crippen molar-refractivity contribution in [3.05, 3.63) is 41.0 Å². The minimum absolute atomic E-state index is 0.0459. The van der Waals surface area contributed by atoms with E-state index in [1.165, 1.54) is 0 Å². The maximum Gasteiger partial charge on any atom is 0.235 e. The Labute approximate surface area is 126 Å². The van der Waals surface area contributed by atoms with Crippen molar-refractivity contribution in [1.82, 2.24) is 10.3 Å². The van der Waals surface area contributed by atoms with Crippen LogP contribution in [0.4, 0.5) is 0 Å². The molecule has 0 radical (unpaired) electrons. The molecule has 1 N–H and O–H groups in total. The summed E-state index contributed by atoms with van der Waals surface area (Å²) >= 11 is 7.06. The first-order valence-corrected chi connectivity index (χ1v) is 7.45. The van der Waals surface area contributed by atoms with Crippen molar-refractivity contribution in [2.24, 2.45) is 0 Å². The van der Waals surface area contributed by atoms with Gasteiger partial charge in [-0.05, 0) is 5.56 Å². The number of alkyl halides is 1. The molecule has 4 nitrogen and oxygen atoms in total. The van der Waals surface area contributed by atoms with Gasteiger partial charge in [0.05, 0.1) is 23.7 Å². The SMILES string of the molecule is COCc1nc(CNC(=O)CCl)c(-c2ccccc2)s1. The average Bonchev–Trinajstić information content (AvgIpc) is 2.89. The summed E-state index contributed by atoms with van der Waals surface area (Å²) in [6, 6.07) is 9.97. The maximum atomic E-state index is 11.3. The van der Waals surface area contributed by atoms with Crippen molar-refractivity contribution in [3.63, 3.8) is 0 Å². The van der Waals surface area contributed by atoms with Gasteiger partial charge in [-0.3, -0.25) is 4.79 Å². The molecule has 1 aromatic heterocycles. The molecule has 0 aliphatic heterocycles. The number of benzene rings is 1. The zero-order chi connectivity index (χ0) is 14.4. The summed E-state index contributed by atoms with van der Waals surface area (Å²) in [6.45, 7) is 0.837. The van der Waals surface area contributed by atoms with Crippen LogP contribution in [0.25, 0.3) is 10.4 Å². The molecule has 0 aliphatic carbocycles. The highest BCUT2D eigenvalue weighted by atomic mass is 35.5. The Morgan fingerprint density at radius 1 is 1.40 bits per heavy atom. The molecule has 2 rings (SSSR count). The Morgan fingerprint density at radius 2 is 2.15 bits per heavy atom. The summed E-state index contributed by atoms with van der Waals surface area (Å²) in [5.74, 6) is -0.248. The smallest absolute Gasteiger partial charge is 0.235 e. The number of carbonyl (C=O) groups is 1. The number of amides is 1. The van der Waals surface area contributed by atoms with Crippen LogP contribution in [0.1, 0.15) is 10.7 Å². The number of nitrogens with one attached hydrogen (secondary N) is 1. The largest absolute Gasteiger partial charge is 0.378 e. The Bertz CT molecular complexity index is 572. The summed E-state index contributed by atoms with van der Waals surface area (Å²) in [5, 5.41) is 3.64. The van der Waals surface area contributed by atoms with Crippen LogP contribution < -0.4 is 5.32 Å². The van der Waals surface area contributed by atoms with Crippen molar-refractivity contribution in [1.29, 1.82) is 0 Å². The van der Waals surface area contributed by atoms with E-state index in [4.69, 9.17) is 16.3 Å². The molecule has 20 heavy (non-hydrogen) atoms. The molecule has 0 unspecified atom stereocenters. The lowest BCUT2D eigenvalue weighted by Crippen LogP contribution is -2.24. The van der Waals surface area contributed by atoms with Crippen LogP contribution in [-0.2, 0) is 22.7 Å². The zero-order valence-electron chi connectivity index (χ0n) is 11.1. The van der Waals surface area contributed by atoms with Gasteiger partial charge >= 0.3 is 0 Å². The highest BCUT2D eigenvalue weighted by Crippen LogP contribution is 2.30. The summed E-state index contributed by atoms with van der Waals surface area (Å²) in [5.41, 5.74) is 1.93. The van der Waals surface area contributed by atoms with Crippen LogP contribution in [0, 0.1) is 0 Å². The lowest BCUT2D eigenvalue weighted by atomic mass is 10.1. The molecule has 0 spiro atoms. The molecule has 0 saturated heterocycles. The molecular formula is C14H15ClN2O2S. The number of methoxy groups -OCH3 is 1. The molecule has 0 bridgehead atoms. The second-order valence-electron chi connectivity index (χ2n) is 4.09. The van der Waals surface area contributed by atoms with Crippen LogP contribution in [0.5, 0.6) is 0 Å². The van der Waals surface area contributed by atoms with Crippen molar-refractivity contribution in [2.45, 2.75) is 13.2 Å². The van der Waals surface area contributed by atoms with Gasteiger partial charge in [0.15, 0.2) is 0 Å². The van der Waals surface area contributed by atoms with Gasteiger partial charge in [0.2, 0.25) is 5.91 Å². The van der Waals surface area contributed by atoms with Crippen LogP contribution >= 0.6 is 22.9 Å². The van der Waals surface area contributed by atoms with Gasteiger partial charge in [-0.15, -0.1) is 22.9 Å². The number of ether oxygens (including phenoxy) is 1. The zero-order valence-corrected chi connectivity index (χ0v) is 12.6. The molecule has 1 amide bonds. The first kappa shape index (κ1) is 15.0.